The van der Waals surface area contributed by atoms with Crippen LogP contribution >= 0.6 is 0 Å². The molecule has 16 heavy (non-hydrogen) atoms. The highest BCUT2D eigenvalue weighted by molar-refractivity contribution is 5.72. The molecule has 1 heterocycles. The van der Waals surface area contributed by atoms with Crippen molar-refractivity contribution in [2.45, 2.75) is 25.5 Å². The lowest BCUT2D eigenvalue weighted by Gasteiger charge is -2.16. The number of ether oxygens (including phenoxy) is 2. The van der Waals surface area contributed by atoms with Crippen molar-refractivity contribution in [2.75, 3.05) is 6.61 Å². The fourth-order valence-electron chi connectivity index (χ4n) is 1.72. The molecule has 0 amide bonds. The van der Waals surface area contributed by atoms with Crippen LogP contribution in [0, 0.1) is 0 Å². The van der Waals surface area contributed by atoms with E-state index < -0.39 is 0 Å². The van der Waals surface area contributed by atoms with E-state index in [0.29, 0.717) is 6.61 Å². The molecule has 0 bridgehead atoms. The first-order valence-electron chi connectivity index (χ1n) is 5.42. The Morgan fingerprint density at radius 2 is 2.25 bits per heavy atom. The van der Waals surface area contributed by atoms with Crippen LogP contribution in [0.3, 0.4) is 0 Å². The summed E-state index contributed by atoms with van der Waals surface area (Å²) in [5.74, 6) is 0.880. The van der Waals surface area contributed by atoms with E-state index >= 15 is 0 Å². The van der Waals surface area contributed by atoms with E-state index in [4.69, 9.17) is 15.2 Å². The molecule has 1 aromatic rings. The van der Waals surface area contributed by atoms with Gasteiger partial charge >= 0.3 is 0 Å². The summed E-state index contributed by atoms with van der Waals surface area (Å²) in [4.78, 5) is 4.16. The average molecular weight is 220 g/mol. The zero-order valence-corrected chi connectivity index (χ0v) is 9.30. The maximum Gasteiger partial charge on any atom is 0.282 e. The second-order valence-corrected chi connectivity index (χ2v) is 3.91. The van der Waals surface area contributed by atoms with Gasteiger partial charge in [-0.3, -0.25) is 0 Å². The number of nitrogens with zero attached hydrogens (tertiary/aromatic N) is 1. The highest BCUT2D eigenvalue weighted by Gasteiger charge is 2.20. The standard InChI is InChI=1S/C12H16N2O2/c1-9(7-10-8-15-12(13)14-10)16-11-5-3-2-4-6-11/h2-6,9-10H,7-8H2,1H3,(H2,13,14)/t9-,10+/m1/s1. The molecular weight excluding hydrogens is 204 g/mol. The van der Waals surface area contributed by atoms with Crippen LogP contribution in [0.4, 0.5) is 0 Å². The molecule has 2 rings (SSSR count). The summed E-state index contributed by atoms with van der Waals surface area (Å²) in [7, 11) is 0. The van der Waals surface area contributed by atoms with E-state index in [1.54, 1.807) is 0 Å². The van der Waals surface area contributed by atoms with Crippen molar-refractivity contribution in [2.24, 2.45) is 10.7 Å². The van der Waals surface area contributed by atoms with Gasteiger partial charge in [-0.05, 0) is 19.1 Å². The number of aliphatic imine (C=N–C) groups is 1. The lowest BCUT2D eigenvalue weighted by molar-refractivity contribution is 0.189. The molecule has 86 valence electrons. The maximum absolute atomic E-state index is 5.75. The number of nitrogens with two attached hydrogens (primary N) is 1. The molecule has 1 aliphatic heterocycles. The minimum Gasteiger partial charge on any atom is -0.491 e. The summed E-state index contributed by atoms with van der Waals surface area (Å²) in [6.45, 7) is 2.59. The molecular formula is C12H16N2O2. The second kappa shape index (κ2) is 4.88. The van der Waals surface area contributed by atoms with Crippen molar-refractivity contribution < 1.29 is 9.47 Å². The van der Waals surface area contributed by atoms with Gasteiger partial charge < -0.3 is 15.2 Å². The molecule has 0 spiro atoms. The van der Waals surface area contributed by atoms with Gasteiger partial charge in [0.25, 0.3) is 6.02 Å². The monoisotopic (exact) mass is 220 g/mol. The number of hydrogen-bond donors (Lipinski definition) is 1. The van der Waals surface area contributed by atoms with E-state index in [1.807, 2.05) is 37.3 Å². The van der Waals surface area contributed by atoms with Gasteiger partial charge in [0.2, 0.25) is 0 Å². The Morgan fingerprint density at radius 1 is 1.50 bits per heavy atom. The molecule has 1 aromatic carbocycles. The van der Waals surface area contributed by atoms with Crippen molar-refractivity contribution in [3.05, 3.63) is 30.3 Å². The van der Waals surface area contributed by atoms with Crippen LogP contribution in [0.15, 0.2) is 35.3 Å². The van der Waals surface area contributed by atoms with Crippen LogP contribution in [0.25, 0.3) is 0 Å². The first kappa shape index (κ1) is 10.8. The predicted octanol–water partition coefficient (Wildman–Crippen LogP) is 1.56. The smallest absolute Gasteiger partial charge is 0.282 e. The summed E-state index contributed by atoms with van der Waals surface area (Å²) in [5.41, 5.74) is 5.44. The largest absolute Gasteiger partial charge is 0.491 e. The molecule has 0 aromatic heterocycles. The van der Waals surface area contributed by atoms with Gasteiger partial charge in [-0.25, -0.2) is 4.99 Å². The van der Waals surface area contributed by atoms with Gasteiger partial charge in [0, 0.05) is 6.42 Å². The summed E-state index contributed by atoms with van der Waals surface area (Å²) < 4.78 is 10.8. The van der Waals surface area contributed by atoms with Crippen LogP contribution in [-0.2, 0) is 4.74 Å². The summed E-state index contributed by atoms with van der Waals surface area (Å²) in [6.07, 6.45) is 0.918. The number of para-hydroxylation sites is 1. The maximum atomic E-state index is 5.75. The van der Waals surface area contributed by atoms with Gasteiger partial charge in [-0.2, -0.15) is 0 Å². The number of benzene rings is 1. The molecule has 0 aliphatic carbocycles. The van der Waals surface area contributed by atoms with Crippen molar-refractivity contribution in [1.29, 1.82) is 0 Å². The second-order valence-electron chi connectivity index (χ2n) is 3.91. The highest BCUT2D eigenvalue weighted by atomic mass is 16.5. The van der Waals surface area contributed by atoms with Crippen LogP contribution in [0.5, 0.6) is 5.75 Å². The van der Waals surface area contributed by atoms with Gasteiger partial charge in [-0.1, -0.05) is 18.2 Å². The minimum atomic E-state index is 0.102. The number of amidine groups is 1. The molecule has 0 saturated heterocycles. The summed E-state index contributed by atoms with van der Waals surface area (Å²) in [5, 5.41) is 0. The van der Waals surface area contributed by atoms with E-state index in [-0.39, 0.29) is 18.2 Å². The van der Waals surface area contributed by atoms with E-state index in [0.717, 1.165) is 12.2 Å². The minimum absolute atomic E-state index is 0.102. The van der Waals surface area contributed by atoms with Crippen molar-refractivity contribution in [1.82, 2.24) is 0 Å². The molecule has 4 heteroatoms. The molecule has 1 aliphatic rings. The third-order valence-electron chi connectivity index (χ3n) is 2.42. The fourth-order valence-corrected chi connectivity index (χ4v) is 1.72. The molecule has 0 radical (unpaired) electrons. The third-order valence-corrected chi connectivity index (χ3v) is 2.42. The Kier molecular flexibility index (Phi) is 3.29. The topological polar surface area (TPSA) is 56.8 Å². The Balaban J connectivity index is 1.83. The molecule has 4 nitrogen and oxygen atoms in total. The molecule has 0 unspecified atom stereocenters. The van der Waals surface area contributed by atoms with E-state index in [2.05, 4.69) is 4.99 Å². The van der Waals surface area contributed by atoms with Crippen molar-refractivity contribution in [3.8, 4) is 5.75 Å². The van der Waals surface area contributed by atoms with Crippen LogP contribution < -0.4 is 10.5 Å². The SMILES string of the molecule is C[C@H](C[C@H]1COC(N)=N1)Oc1ccccc1. The van der Waals surface area contributed by atoms with Gasteiger partial charge in [0.15, 0.2) is 0 Å². The zero-order chi connectivity index (χ0) is 11.4. The lowest BCUT2D eigenvalue weighted by Crippen LogP contribution is -2.20. The average Bonchev–Trinajstić information content (AvgIpc) is 2.65. The number of rotatable bonds is 4. The summed E-state index contributed by atoms with van der Waals surface area (Å²) in [6, 6.07) is 10.2. The zero-order valence-electron chi connectivity index (χ0n) is 9.30. The van der Waals surface area contributed by atoms with Gasteiger partial charge in [0.1, 0.15) is 12.4 Å². The predicted molar refractivity (Wildman–Crippen MR) is 62.5 cm³/mol. The molecule has 0 fully saturated rings. The molecule has 2 atom stereocenters. The Labute approximate surface area is 95.1 Å². The summed E-state index contributed by atoms with van der Waals surface area (Å²) >= 11 is 0. The normalized spacial score (nSPS) is 21.1. The van der Waals surface area contributed by atoms with Crippen molar-refractivity contribution >= 4 is 6.02 Å². The first-order chi connectivity index (χ1) is 7.74. The Morgan fingerprint density at radius 3 is 2.88 bits per heavy atom. The van der Waals surface area contributed by atoms with Gasteiger partial charge in [-0.15, -0.1) is 0 Å². The Hall–Kier alpha value is -1.71. The van der Waals surface area contributed by atoms with Crippen LogP contribution in [0.1, 0.15) is 13.3 Å². The molecule has 2 N–H and O–H groups in total. The van der Waals surface area contributed by atoms with E-state index in [9.17, 15) is 0 Å². The first-order valence-corrected chi connectivity index (χ1v) is 5.42. The fraction of sp³-hybridized carbons (Fsp3) is 0.417. The third kappa shape index (κ3) is 2.89. The number of hydrogen-bond acceptors (Lipinski definition) is 4. The van der Waals surface area contributed by atoms with Gasteiger partial charge in [0.05, 0.1) is 12.1 Å². The quantitative estimate of drug-likeness (QED) is 0.837. The van der Waals surface area contributed by atoms with Crippen LogP contribution in [-0.4, -0.2) is 24.8 Å². The lowest BCUT2D eigenvalue weighted by atomic mass is 10.1. The van der Waals surface area contributed by atoms with E-state index in [1.165, 1.54) is 0 Å². The van der Waals surface area contributed by atoms with Crippen LogP contribution in [0.2, 0.25) is 0 Å². The Bertz CT molecular complexity index is 365. The highest BCUT2D eigenvalue weighted by Crippen LogP contribution is 2.15. The molecule has 0 saturated carbocycles. The van der Waals surface area contributed by atoms with Crippen molar-refractivity contribution in [3.63, 3.8) is 0 Å².